The van der Waals surface area contributed by atoms with Crippen molar-refractivity contribution in [2.75, 3.05) is 13.1 Å². The van der Waals surface area contributed by atoms with Crippen LogP contribution in [0.2, 0.25) is 0 Å². The number of Topliss-reactive ketones (excluding diaryl/α,β-unsaturated/α-hetero) is 1. The average molecular weight is 298 g/mol. The highest BCUT2D eigenvalue weighted by Gasteiger charge is 2.35. The zero-order valence-corrected chi connectivity index (χ0v) is 11.7. The molecule has 8 heteroatoms. The third kappa shape index (κ3) is 2.56. The van der Waals surface area contributed by atoms with Crippen LogP contribution in [0, 0.1) is 17.0 Å². The molecular weight excluding hydrogens is 284 g/mol. The molecule has 1 aromatic rings. The lowest BCUT2D eigenvalue weighted by atomic mass is 10.1. The number of nitrogens with zero attached hydrogens (tertiary/aromatic N) is 2. The van der Waals surface area contributed by atoms with E-state index >= 15 is 0 Å². The monoisotopic (exact) mass is 298 g/mol. The molecule has 0 aromatic heterocycles. The second-order valence-electron chi connectivity index (χ2n) is 4.66. The highest BCUT2D eigenvalue weighted by atomic mass is 32.2. The largest absolute Gasteiger partial charge is 0.298 e. The lowest BCUT2D eigenvalue weighted by Gasteiger charge is -2.25. The van der Waals surface area contributed by atoms with Gasteiger partial charge in [0.2, 0.25) is 0 Å². The van der Waals surface area contributed by atoms with Gasteiger partial charge in [-0.05, 0) is 18.9 Å². The Morgan fingerprint density at radius 1 is 1.35 bits per heavy atom. The molecular formula is C12H14N2O5S. The van der Waals surface area contributed by atoms with E-state index in [2.05, 4.69) is 0 Å². The number of hydrogen-bond acceptors (Lipinski definition) is 5. The molecule has 1 saturated heterocycles. The van der Waals surface area contributed by atoms with E-state index < -0.39 is 20.6 Å². The van der Waals surface area contributed by atoms with Gasteiger partial charge < -0.3 is 0 Å². The van der Waals surface area contributed by atoms with Crippen LogP contribution in [0.25, 0.3) is 0 Å². The Bertz CT molecular complexity index is 668. The summed E-state index contributed by atoms with van der Waals surface area (Å²) in [5.41, 5.74) is -0.153. The highest BCUT2D eigenvalue weighted by Crippen LogP contribution is 2.30. The normalized spacial score (nSPS) is 17.1. The topological polar surface area (TPSA) is 97.6 Å². The lowest BCUT2D eigenvalue weighted by molar-refractivity contribution is -0.387. The van der Waals surface area contributed by atoms with Gasteiger partial charge in [0, 0.05) is 19.0 Å². The van der Waals surface area contributed by atoms with E-state index in [9.17, 15) is 23.3 Å². The van der Waals surface area contributed by atoms with Gasteiger partial charge in [0.15, 0.2) is 4.90 Å². The molecule has 2 rings (SSSR count). The molecule has 0 N–H and O–H groups in total. The van der Waals surface area contributed by atoms with E-state index in [0.29, 0.717) is 18.4 Å². The van der Waals surface area contributed by atoms with Crippen molar-refractivity contribution in [3.8, 4) is 0 Å². The van der Waals surface area contributed by atoms with Gasteiger partial charge >= 0.3 is 0 Å². The van der Waals surface area contributed by atoms with Crippen molar-refractivity contribution in [3.05, 3.63) is 33.9 Å². The predicted octanol–water partition coefficient (Wildman–Crippen LogP) is 1.26. The van der Waals surface area contributed by atoms with Crippen molar-refractivity contribution < 1.29 is 18.1 Å². The van der Waals surface area contributed by atoms with E-state index in [-0.39, 0.29) is 23.8 Å². The van der Waals surface area contributed by atoms with E-state index in [4.69, 9.17) is 0 Å². The van der Waals surface area contributed by atoms with Gasteiger partial charge in [0.1, 0.15) is 5.78 Å². The van der Waals surface area contributed by atoms with Gasteiger partial charge in [0.25, 0.3) is 15.7 Å². The molecule has 1 aromatic carbocycles. The molecule has 0 aliphatic carbocycles. The van der Waals surface area contributed by atoms with Crippen molar-refractivity contribution in [1.29, 1.82) is 0 Å². The van der Waals surface area contributed by atoms with Gasteiger partial charge in [-0.15, -0.1) is 0 Å². The summed E-state index contributed by atoms with van der Waals surface area (Å²) >= 11 is 0. The number of piperidine rings is 1. The molecule has 1 aliphatic heterocycles. The van der Waals surface area contributed by atoms with Gasteiger partial charge in [-0.1, -0.05) is 12.1 Å². The molecule has 1 fully saturated rings. The van der Waals surface area contributed by atoms with Crippen LogP contribution in [-0.2, 0) is 14.8 Å². The fourth-order valence-corrected chi connectivity index (χ4v) is 4.08. The van der Waals surface area contributed by atoms with E-state index in [1.807, 2.05) is 0 Å². The van der Waals surface area contributed by atoms with Gasteiger partial charge in [-0.25, -0.2) is 8.42 Å². The van der Waals surface area contributed by atoms with Crippen molar-refractivity contribution in [3.63, 3.8) is 0 Å². The molecule has 1 aliphatic rings. The van der Waals surface area contributed by atoms with Crippen LogP contribution in [0.4, 0.5) is 5.69 Å². The summed E-state index contributed by atoms with van der Waals surface area (Å²) < 4.78 is 26.1. The fraction of sp³-hybridized carbons (Fsp3) is 0.417. The Kier molecular flexibility index (Phi) is 3.87. The number of nitro benzene ring substituents is 1. The van der Waals surface area contributed by atoms with Gasteiger partial charge in [-0.3, -0.25) is 14.9 Å². The minimum absolute atomic E-state index is 0.170. The summed E-state index contributed by atoms with van der Waals surface area (Å²) in [7, 11) is -4.03. The molecule has 1 heterocycles. The van der Waals surface area contributed by atoms with Crippen LogP contribution >= 0.6 is 0 Å². The number of hydrogen-bond donors (Lipinski definition) is 0. The molecule has 7 nitrogen and oxygen atoms in total. The number of carbonyl (C=O) groups is 1. The van der Waals surface area contributed by atoms with Crippen LogP contribution in [-0.4, -0.2) is 36.5 Å². The second-order valence-corrected chi connectivity index (χ2v) is 6.54. The summed E-state index contributed by atoms with van der Waals surface area (Å²) in [4.78, 5) is 21.4. The zero-order chi connectivity index (χ0) is 14.9. The Balaban J connectivity index is 2.54. The second kappa shape index (κ2) is 5.29. The highest BCUT2D eigenvalue weighted by molar-refractivity contribution is 7.89. The van der Waals surface area contributed by atoms with Crippen molar-refractivity contribution in [2.24, 2.45) is 0 Å². The van der Waals surface area contributed by atoms with Crippen molar-refractivity contribution >= 4 is 21.5 Å². The van der Waals surface area contributed by atoms with Crippen LogP contribution < -0.4 is 0 Å². The van der Waals surface area contributed by atoms with Crippen molar-refractivity contribution in [1.82, 2.24) is 4.31 Å². The summed E-state index contributed by atoms with van der Waals surface area (Å²) in [6.45, 7) is 1.50. The fourth-order valence-electron chi connectivity index (χ4n) is 2.26. The molecule has 0 amide bonds. The minimum Gasteiger partial charge on any atom is -0.298 e. The third-order valence-corrected chi connectivity index (χ3v) is 5.24. The first kappa shape index (κ1) is 14.6. The maximum absolute atomic E-state index is 12.5. The zero-order valence-electron chi connectivity index (χ0n) is 10.9. The minimum atomic E-state index is -4.03. The quantitative estimate of drug-likeness (QED) is 0.618. The van der Waals surface area contributed by atoms with E-state index in [1.54, 1.807) is 0 Å². The van der Waals surface area contributed by atoms with Gasteiger partial charge in [0.05, 0.1) is 11.5 Å². The third-order valence-electron chi connectivity index (χ3n) is 3.20. The molecule has 0 radical (unpaired) electrons. The first-order valence-electron chi connectivity index (χ1n) is 6.10. The van der Waals surface area contributed by atoms with Crippen LogP contribution in [0.3, 0.4) is 0 Å². The first-order valence-corrected chi connectivity index (χ1v) is 7.54. The summed E-state index contributed by atoms with van der Waals surface area (Å²) in [6, 6.07) is 4.10. The number of carbonyl (C=O) groups excluding carboxylic acids is 1. The number of sulfonamides is 1. The van der Waals surface area contributed by atoms with E-state index in [0.717, 1.165) is 10.4 Å². The van der Waals surface area contributed by atoms with Crippen LogP contribution in [0.1, 0.15) is 18.4 Å². The van der Waals surface area contributed by atoms with Crippen LogP contribution in [0.5, 0.6) is 0 Å². The number of benzene rings is 1. The summed E-state index contributed by atoms with van der Waals surface area (Å²) in [6.07, 6.45) is 0.791. The number of ketones is 1. The summed E-state index contributed by atoms with van der Waals surface area (Å²) in [5.74, 6) is -0.170. The molecule has 108 valence electrons. The standard InChI is InChI=1S/C12H14N2O5S/c1-9-4-2-6-11(14(16)17)12(9)20(18,19)13-7-3-5-10(15)8-13/h2,4,6H,3,5,7-8H2,1H3. The maximum atomic E-state index is 12.5. The molecule has 0 atom stereocenters. The first-order chi connectivity index (χ1) is 9.34. The Labute approximate surface area is 116 Å². The molecule has 20 heavy (non-hydrogen) atoms. The molecule has 0 bridgehead atoms. The SMILES string of the molecule is Cc1cccc([N+](=O)[O-])c1S(=O)(=O)N1CCCC(=O)C1. The Morgan fingerprint density at radius 3 is 2.65 bits per heavy atom. The predicted molar refractivity (Wildman–Crippen MR) is 70.8 cm³/mol. The number of aryl methyl sites for hydroxylation is 1. The number of nitro groups is 1. The van der Waals surface area contributed by atoms with Gasteiger partial charge in [-0.2, -0.15) is 4.31 Å². The summed E-state index contributed by atoms with van der Waals surface area (Å²) in [5, 5.41) is 11.0. The van der Waals surface area contributed by atoms with Crippen molar-refractivity contribution in [2.45, 2.75) is 24.7 Å². The Hall–Kier alpha value is -1.80. The van der Waals surface area contributed by atoms with Crippen LogP contribution in [0.15, 0.2) is 23.1 Å². The Morgan fingerprint density at radius 2 is 2.05 bits per heavy atom. The molecule has 0 unspecified atom stereocenters. The number of rotatable bonds is 3. The van der Waals surface area contributed by atoms with E-state index in [1.165, 1.54) is 19.1 Å². The smallest absolute Gasteiger partial charge is 0.289 e. The molecule has 0 saturated carbocycles. The lowest BCUT2D eigenvalue weighted by Crippen LogP contribution is -2.40. The maximum Gasteiger partial charge on any atom is 0.289 e. The average Bonchev–Trinajstić information content (AvgIpc) is 2.38. The molecule has 0 spiro atoms.